The Kier molecular flexibility index (Phi) is 4.86. The molecular weight excluding hydrogens is 374 g/mol. The van der Waals surface area contributed by atoms with Crippen molar-refractivity contribution in [3.05, 3.63) is 70.7 Å². The highest BCUT2D eigenvalue weighted by Gasteiger charge is 2.14. The van der Waals surface area contributed by atoms with Crippen molar-refractivity contribution < 1.29 is 13.9 Å². The van der Waals surface area contributed by atoms with Gasteiger partial charge in [-0.3, -0.25) is 14.2 Å². The van der Waals surface area contributed by atoms with E-state index in [9.17, 15) is 9.59 Å². The van der Waals surface area contributed by atoms with Gasteiger partial charge in [-0.15, -0.1) is 0 Å². The van der Waals surface area contributed by atoms with Gasteiger partial charge in [-0.25, -0.2) is 9.67 Å². The lowest BCUT2D eigenvalue weighted by atomic mass is 10.2. The van der Waals surface area contributed by atoms with E-state index in [1.807, 2.05) is 19.1 Å². The van der Waals surface area contributed by atoms with Crippen molar-refractivity contribution in [3.8, 4) is 11.6 Å². The number of hydrogen-bond donors (Lipinski definition) is 1. The van der Waals surface area contributed by atoms with Gasteiger partial charge in [0.1, 0.15) is 5.82 Å². The molecule has 3 aromatic heterocycles. The minimum atomic E-state index is -0.377. The molecule has 29 heavy (non-hydrogen) atoms. The largest absolute Gasteiger partial charge is 0.493 e. The molecule has 1 amide bonds. The van der Waals surface area contributed by atoms with Crippen LogP contribution in [0.3, 0.4) is 0 Å². The van der Waals surface area contributed by atoms with E-state index < -0.39 is 0 Å². The Morgan fingerprint density at radius 3 is 2.90 bits per heavy atom. The number of furan rings is 1. The van der Waals surface area contributed by atoms with Crippen molar-refractivity contribution in [3.63, 3.8) is 0 Å². The molecule has 0 saturated heterocycles. The first kappa shape index (κ1) is 18.5. The molecular formula is C20H19N5O4. The van der Waals surface area contributed by atoms with E-state index in [4.69, 9.17) is 9.15 Å². The molecule has 0 spiro atoms. The van der Waals surface area contributed by atoms with E-state index in [1.165, 1.54) is 10.7 Å². The molecule has 0 unspecified atom stereocenters. The maximum Gasteiger partial charge on any atom is 0.287 e. The maximum atomic E-state index is 12.4. The van der Waals surface area contributed by atoms with Gasteiger partial charge in [0.2, 0.25) is 0 Å². The lowest BCUT2D eigenvalue weighted by Crippen LogP contribution is -2.32. The number of carbonyl (C=O) groups excluding carboxylic acids is 1. The van der Waals surface area contributed by atoms with Crippen molar-refractivity contribution in [1.82, 2.24) is 24.6 Å². The molecule has 0 bridgehead atoms. The summed E-state index contributed by atoms with van der Waals surface area (Å²) >= 11 is 0. The predicted molar refractivity (Wildman–Crippen MR) is 105 cm³/mol. The van der Waals surface area contributed by atoms with Gasteiger partial charge in [0.25, 0.3) is 11.5 Å². The third-order valence-corrected chi connectivity index (χ3v) is 4.49. The van der Waals surface area contributed by atoms with Gasteiger partial charge in [0.05, 0.1) is 13.7 Å². The normalized spacial score (nSPS) is 11.0. The SMILES string of the molecule is COc1cccc2cc(C(=O)NCCn3nc(-n4ccnc4C)ccc3=O)oc12. The van der Waals surface area contributed by atoms with Crippen LogP contribution in [-0.4, -0.2) is 38.9 Å². The van der Waals surface area contributed by atoms with E-state index in [2.05, 4.69) is 15.4 Å². The van der Waals surface area contributed by atoms with Crippen molar-refractivity contribution in [2.45, 2.75) is 13.5 Å². The highest BCUT2D eigenvalue weighted by Crippen LogP contribution is 2.28. The third-order valence-electron chi connectivity index (χ3n) is 4.49. The first-order valence-corrected chi connectivity index (χ1v) is 9.00. The number of amides is 1. The van der Waals surface area contributed by atoms with Crippen molar-refractivity contribution in [1.29, 1.82) is 0 Å². The maximum absolute atomic E-state index is 12.4. The number of fused-ring (bicyclic) bond motifs is 1. The highest BCUT2D eigenvalue weighted by atomic mass is 16.5. The van der Waals surface area contributed by atoms with Gasteiger partial charge >= 0.3 is 0 Å². The predicted octanol–water partition coefficient (Wildman–Crippen LogP) is 1.92. The van der Waals surface area contributed by atoms with Crippen LogP contribution in [0.25, 0.3) is 16.8 Å². The monoisotopic (exact) mass is 393 g/mol. The number of nitrogens with one attached hydrogen (secondary N) is 1. The fourth-order valence-electron chi connectivity index (χ4n) is 3.02. The number of hydrogen-bond acceptors (Lipinski definition) is 6. The number of nitrogens with zero attached hydrogens (tertiary/aromatic N) is 4. The molecule has 0 aliphatic rings. The molecule has 0 aliphatic carbocycles. The number of benzene rings is 1. The van der Waals surface area contributed by atoms with Gasteiger partial charge in [-0.05, 0) is 25.1 Å². The Morgan fingerprint density at radius 2 is 2.14 bits per heavy atom. The Bertz CT molecular complexity index is 1240. The molecule has 4 rings (SSSR count). The van der Waals surface area contributed by atoms with Crippen LogP contribution in [0.5, 0.6) is 5.75 Å². The second-order valence-corrected chi connectivity index (χ2v) is 6.34. The summed E-state index contributed by atoms with van der Waals surface area (Å²) < 4.78 is 13.9. The van der Waals surface area contributed by atoms with Gasteiger partial charge in [0.15, 0.2) is 22.9 Å². The van der Waals surface area contributed by atoms with Gasteiger partial charge in [-0.1, -0.05) is 12.1 Å². The van der Waals surface area contributed by atoms with Crippen molar-refractivity contribution in [2.24, 2.45) is 0 Å². The fourth-order valence-corrected chi connectivity index (χ4v) is 3.02. The average Bonchev–Trinajstić information content (AvgIpc) is 3.35. The summed E-state index contributed by atoms with van der Waals surface area (Å²) in [6.07, 6.45) is 3.43. The zero-order valence-corrected chi connectivity index (χ0v) is 16.0. The van der Waals surface area contributed by atoms with E-state index in [0.717, 1.165) is 11.2 Å². The summed E-state index contributed by atoms with van der Waals surface area (Å²) in [5, 5.41) is 7.86. The Morgan fingerprint density at radius 1 is 1.28 bits per heavy atom. The van der Waals surface area contributed by atoms with E-state index in [1.54, 1.807) is 42.3 Å². The van der Waals surface area contributed by atoms with Crippen LogP contribution in [-0.2, 0) is 6.54 Å². The quantitative estimate of drug-likeness (QED) is 0.537. The Labute approximate surface area is 165 Å². The number of aryl methyl sites for hydroxylation is 1. The molecule has 9 nitrogen and oxygen atoms in total. The van der Waals surface area contributed by atoms with Crippen LogP contribution < -0.4 is 15.6 Å². The highest BCUT2D eigenvalue weighted by molar-refractivity contribution is 5.97. The molecule has 1 N–H and O–H groups in total. The van der Waals surface area contributed by atoms with Crippen molar-refractivity contribution >= 4 is 16.9 Å². The molecule has 3 heterocycles. The van der Waals surface area contributed by atoms with Crippen LogP contribution in [0, 0.1) is 6.92 Å². The first-order chi connectivity index (χ1) is 14.1. The fraction of sp³-hybridized carbons (Fsp3) is 0.200. The average molecular weight is 393 g/mol. The molecule has 9 heteroatoms. The van der Waals surface area contributed by atoms with Gasteiger partial charge in [-0.2, -0.15) is 5.10 Å². The Hall–Kier alpha value is -3.88. The number of ether oxygens (including phenoxy) is 1. The summed E-state index contributed by atoms with van der Waals surface area (Å²) in [5.41, 5.74) is 0.260. The number of carbonyl (C=O) groups is 1. The van der Waals surface area contributed by atoms with Crippen molar-refractivity contribution in [2.75, 3.05) is 13.7 Å². The van der Waals surface area contributed by atoms with Crippen LogP contribution >= 0.6 is 0 Å². The van der Waals surface area contributed by atoms with Crippen LogP contribution in [0.4, 0.5) is 0 Å². The summed E-state index contributed by atoms with van der Waals surface area (Å²) in [5.74, 6) is 1.70. The van der Waals surface area contributed by atoms with E-state index in [-0.39, 0.29) is 30.3 Å². The van der Waals surface area contributed by atoms with Crippen LogP contribution in [0.2, 0.25) is 0 Å². The molecule has 0 atom stereocenters. The zero-order chi connectivity index (χ0) is 20.4. The standard InChI is InChI=1S/C20H19N5O4/c1-13-21-8-10-24(13)17-6-7-18(26)25(23-17)11-9-22-20(27)16-12-14-4-3-5-15(28-2)19(14)29-16/h3-8,10,12H,9,11H2,1-2H3,(H,22,27). The van der Waals surface area contributed by atoms with E-state index >= 15 is 0 Å². The number of methoxy groups -OCH3 is 1. The van der Waals surface area contributed by atoms with Gasteiger partial charge < -0.3 is 14.5 Å². The molecule has 0 aliphatic heterocycles. The zero-order valence-electron chi connectivity index (χ0n) is 16.0. The van der Waals surface area contributed by atoms with Gasteiger partial charge in [0, 0.05) is 30.4 Å². The number of aromatic nitrogens is 4. The molecule has 0 saturated carbocycles. The first-order valence-electron chi connectivity index (χ1n) is 9.00. The van der Waals surface area contributed by atoms with Crippen LogP contribution in [0.1, 0.15) is 16.4 Å². The summed E-state index contributed by atoms with van der Waals surface area (Å²) in [6, 6.07) is 10.2. The minimum Gasteiger partial charge on any atom is -0.493 e. The third kappa shape index (κ3) is 3.62. The smallest absolute Gasteiger partial charge is 0.287 e. The summed E-state index contributed by atoms with van der Waals surface area (Å²) in [6.45, 7) is 2.28. The molecule has 4 aromatic rings. The molecule has 1 aromatic carbocycles. The summed E-state index contributed by atoms with van der Waals surface area (Å²) in [7, 11) is 1.54. The minimum absolute atomic E-state index is 0.174. The molecule has 0 fully saturated rings. The lowest BCUT2D eigenvalue weighted by molar-refractivity contribution is 0.0926. The second kappa shape index (κ2) is 7.63. The number of imidazole rings is 1. The number of para-hydroxylation sites is 1. The lowest BCUT2D eigenvalue weighted by Gasteiger charge is -2.09. The topological polar surface area (TPSA) is 104 Å². The van der Waals surface area contributed by atoms with Crippen LogP contribution in [0.15, 0.2) is 58.0 Å². The molecule has 148 valence electrons. The molecule has 0 radical (unpaired) electrons. The Balaban J connectivity index is 1.46. The summed E-state index contributed by atoms with van der Waals surface area (Å²) in [4.78, 5) is 28.7. The number of rotatable bonds is 6. The van der Waals surface area contributed by atoms with E-state index in [0.29, 0.717) is 17.2 Å². The second-order valence-electron chi connectivity index (χ2n) is 6.34.